The van der Waals surface area contributed by atoms with Gasteiger partial charge in [0.2, 0.25) is 0 Å². The Balaban J connectivity index is 1.91. The third kappa shape index (κ3) is 7.05. The summed E-state index contributed by atoms with van der Waals surface area (Å²) in [6, 6.07) is 6.32. The van der Waals surface area contributed by atoms with E-state index in [1.54, 1.807) is 18.4 Å². The Labute approximate surface area is 172 Å². The van der Waals surface area contributed by atoms with Crippen LogP contribution < -0.4 is 9.47 Å². The number of methoxy groups -OCH3 is 1. The van der Waals surface area contributed by atoms with Crippen molar-refractivity contribution in [3.05, 3.63) is 39.8 Å². The van der Waals surface area contributed by atoms with Gasteiger partial charge in [-0.15, -0.1) is 11.3 Å². The first-order valence-electron chi connectivity index (χ1n) is 9.56. The third-order valence-corrected chi connectivity index (χ3v) is 5.52. The van der Waals surface area contributed by atoms with Gasteiger partial charge in [-0.05, 0) is 52.6 Å². The predicted molar refractivity (Wildman–Crippen MR) is 114 cm³/mol. The minimum absolute atomic E-state index is 0.232. The molecule has 1 aromatic heterocycles. The number of rotatable bonds is 11. The predicted octanol–water partition coefficient (Wildman–Crippen LogP) is 3.17. The molecule has 6 nitrogen and oxygen atoms in total. The largest absolute Gasteiger partial charge is 0.493 e. The zero-order valence-corrected chi connectivity index (χ0v) is 18.6. The van der Waals surface area contributed by atoms with Crippen LogP contribution >= 0.6 is 11.3 Å². The molecule has 1 heterocycles. The molecule has 156 valence electrons. The van der Waals surface area contributed by atoms with E-state index in [4.69, 9.17) is 9.47 Å². The lowest BCUT2D eigenvalue weighted by Crippen LogP contribution is -2.36. The molecule has 0 saturated carbocycles. The van der Waals surface area contributed by atoms with Crippen molar-refractivity contribution in [2.24, 2.45) is 0 Å². The highest BCUT2D eigenvalue weighted by Gasteiger charge is 2.14. The Hall–Kier alpha value is -1.67. The summed E-state index contributed by atoms with van der Waals surface area (Å²) in [4.78, 5) is 8.83. The Bertz CT molecular complexity index is 735. The summed E-state index contributed by atoms with van der Waals surface area (Å²) < 4.78 is 11.3. The van der Waals surface area contributed by atoms with E-state index in [9.17, 15) is 5.11 Å². The normalized spacial score (nSPS) is 12.8. The van der Waals surface area contributed by atoms with Crippen molar-refractivity contribution in [2.75, 3.05) is 34.4 Å². The van der Waals surface area contributed by atoms with Crippen LogP contribution in [0.3, 0.4) is 0 Å². The number of ether oxygens (including phenoxy) is 2. The minimum Gasteiger partial charge on any atom is -0.493 e. The fraction of sp³-hybridized carbons (Fsp3) is 0.571. The molecule has 0 aliphatic carbocycles. The average Bonchev–Trinajstić information content (AvgIpc) is 3.04. The van der Waals surface area contributed by atoms with Gasteiger partial charge in [-0.3, -0.25) is 4.90 Å². The lowest BCUT2D eigenvalue weighted by atomic mass is 10.2. The number of aliphatic hydroxyl groups is 1. The van der Waals surface area contributed by atoms with Crippen LogP contribution in [-0.2, 0) is 13.1 Å². The first-order chi connectivity index (χ1) is 13.3. The van der Waals surface area contributed by atoms with Crippen LogP contribution in [0.1, 0.15) is 30.1 Å². The standard InChI is InChI=1S/C21H33N3O3S/c1-15(2)24(5)11-18(25)13-27-19-8-7-17(9-20(19)26-6)10-23(4)12-21-22-16(3)14-28-21/h7-9,14-15,18,25H,10-13H2,1-6H3. The van der Waals surface area contributed by atoms with Gasteiger partial charge in [-0.2, -0.15) is 0 Å². The molecule has 0 fully saturated rings. The first kappa shape index (κ1) is 22.6. The summed E-state index contributed by atoms with van der Waals surface area (Å²) in [5.74, 6) is 1.33. The molecule has 7 heteroatoms. The van der Waals surface area contributed by atoms with Crippen molar-refractivity contribution in [3.8, 4) is 11.5 Å². The fourth-order valence-corrected chi connectivity index (χ4v) is 3.64. The molecule has 2 aromatic rings. The number of aliphatic hydroxyl groups excluding tert-OH is 1. The number of thiazole rings is 1. The lowest BCUT2D eigenvalue weighted by Gasteiger charge is -2.24. The highest BCUT2D eigenvalue weighted by molar-refractivity contribution is 7.09. The van der Waals surface area contributed by atoms with Crippen molar-refractivity contribution in [1.29, 1.82) is 0 Å². The van der Waals surface area contributed by atoms with Gasteiger partial charge in [0.05, 0.1) is 13.7 Å². The number of nitrogens with zero attached hydrogens (tertiary/aromatic N) is 3. The summed E-state index contributed by atoms with van der Waals surface area (Å²) in [5, 5.41) is 13.4. The van der Waals surface area contributed by atoms with Crippen LogP contribution in [0.4, 0.5) is 0 Å². The van der Waals surface area contributed by atoms with Crippen molar-refractivity contribution < 1.29 is 14.6 Å². The van der Waals surface area contributed by atoms with E-state index in [2.05, 4.69) is 41.1 Å². The first-order valence-corrected chi connectivity index (χ1v) is 10.4. The fourth-order valence-electron chi connectivity index (χ4n) is 2.79. The molecule has 1 aromatic carbocycles. The molecule has 28 heavy (non-hydrogen) atoms. The van der Waals surface area contributed by atoms with Gasteiger partial charge < -0.3 is 19.5 Å². The number of hydrogen-bond donors (Lipinski definition) is 1. The Kier molecular flexibility index (Phi) is 8.69. The molecule has 0 aliphatic rings. The summed E-state index contributed by atoms with van der Waals surface area (Å²) >= 11 is 1.69. The maximum absolute atomic E-state index is 10.2. The van der Waals surface area contributed by atoms with Crippen molar-refractivity contribution in [3.63, 3.8) is 0 Å². The van der Waals surface area contributed by atoms with Crippen LogP contribution in [0.15, 0.2) is 23.6 Å². The summed E-state index contributed by atoms with van der Waals surface area (Å²) in [5.41, 5.74) is 2.21. The summed E-state index contributed by atoms with van der Waals surface area (Å²) in [7, 11) is 5.71. The van der Waals surface area contributed by atoms with Gasteiger partial charge in [-0.25, -0.2) is 4.98 Å². The highest BCUT2D eigenvalue weighted by atomic mass is 32.1. The molecule has 1 unspecified atom stereocenters. The highest BCUT2D eigenvalue weighted by Crippen LogP contribution is 2.29. The molecule has 1 atom stereocenters. The van der Waals surface area contributed by atoms with Gasteiger partial charge in [0.1, 0.15) is 17.7 Å². The van der Waals surface area contributed by atoms with Crippen LogP contribution in [0.2, 0.25) is 0 Å². The van der Waals surface area contributed by atoms with Crippen molar-refractivity contribution >= 4 is 11.3 Å². The summed E-state index contributed by atoms with van der Waals surface area (Å²) in [6.45, 7) is 8.62. The molecular formula is C21H33N3O3S. The lowest BCUT2D eigenvalue weighted by molar-refractivity contribution is 0.0668. The maximum atomic E-state index is 10.2. The van der Waals surface area contributed by atoms with E-state index in [1.165, 1.54) is 0 Å². The van der Waals surface area contributed by atoms with Crippen LogP contribution in [0.25, 0.3) is 0 Å². The van der Waals surface area contributed by atoms with Crippen LogP contribution in [-0.4, -0.2) is 66.4 Å². The Morgan fingerprint density at radius 1 is 1.18 bits per heavy atom. The smallest absolute Gasteiger partial charge is 0.161 e. The van der Waals surface area contributed by atoms with E-state index in [0.717, 1.165) is 29.4 Å². The molecule has 0 bridgehead atoms. The molecule has 0 radical (unpaired) electrons. The van der Waals surface area contributed by atoms with Gasteiger partial charge in [0.15, 0.2) is 11.5 Å². The zero-order chi connectivity index (χ0) is 20.7. The van der Waals surface area contributed by atoms with E-state index in [-0.39, 0.29) is 6.61 Å². The zero-order valence-electron chi connectivity index (χ0n) is 17.8. The molecule has 2 rings (SSSR count). The summed E-state index contributed by atoms with van der Waals surface area (Å²) in [6.07, 6.45) is -0.551. The van der Waals surface area contributed by atoms with Gasteiger partial charge in [-0.1, -0.05) is 6.07 Å². The molecule has 1 N–H and O–H groups in total. The van der Waals surface area contributed by atoms with E-state index in [1.807, 2.05) is 32.2 Å². The second-order valence-corrected chi connectivity index (χ2v) is 8.48. The van der Waals surface area contributed by atoms with E-state index in [0.29, 0.717) is 24.1 Å². The monoisotopic (exact) mass is 407 g/mol. The Morgan fingerprint density at radius 3 is 2.54 bits per heavy atom. The molecule has 0 spiro atoms. The molecule has 0 aliphatic heterocycles. The van der Waals surface area contributed by atoms with Gasteiger partial charge >= 0.3 is 0 Å². The van der Waals surface area contributed by atoms with Crippen LogP contribution in [0, 0.1) is 6.92 Å². The average molecular weight is 408 g/mol. The van der Waals surface area contributed by atoms with E-state index >= 15 is 0 Å². The number of hydrogen-bond acceptors (Lipinski definition) is 7. The SMILES string of the molecule is COc1cc(CN(C)Cc2nc(C)cs2)ccc1OCC(O)CN(C)C(C)C. The number of aromatic nitrogens is 1. The third-order valence-electron chi connectivity index (χ3n) is 4.56. The van der Waals surface area contributed by atoms with Crippen LogP contribution in [0.5, 0.6) is 11.5 Å². The molecular weight excluding hydrogens is 374 g/mol. The maximum Gasteiger partial charge on any atom is 0.161 e. The topological polar surface area (TPSA) is 58.1 Å². The number of likely N-dealkylation sites (N-methyl/N-ethyl adjacent to an activating group) is 1. The second kappa shape index (κ2) is 10.8. The number of aryl methyl sites for hydroxylation is 1. The second-order valence-electron chi connectivity index (χ2n) is 7.54. The van der Waals surface area contributed by atoms with E-state index < -0.39 is 6.10 Å². The van der Waals surface area contributed by atoms with Gasteiger partial charge in [0.25, 0.3) is 0 Å². The van der Waals surface area contributed by atoms with Gasteiger partial charge in [0, 0.05) is 30.2 Å². The quantitative estimate of drug-likeness (QED) is 0.617. The molecule has 0 amide bonds. The Morgan fingerprint density at radius 2 is 1.93 bits per heavy atom. The van der Waals surface area contributed by atoms with Crippen molar-refractivity contribution in [1.82, 2.24) is 14.8 Å². The van der Waals surface area contributed by atoms with Crippen molar-refractivity contribution in [2.45, 2.75) is 46.0 Å². The molecule has 0 saturated heterocycles. The minimum atomic E-state index is -0.551. The number of benzene rings is 1.